The van der Waals surface area contributed by atoms with Gasteiger partial charge in [-0.15, -0.1) is 0 Å². The number of hydrogen-bond donors (Lipinski definition) is 0. The highest BCUT2D eigenvalue weighted by atomic mass is 31.2. The molecular weight excluding hydrogens is 515 g/mol. The van der Waals surface area contributed by atoms with Gasteiger partial charge in [-0.3, -0.25) is 0 Å². The Bertz CT molecular complexity index is 1580. The summed E-state index contributed by atoms with van der Waals surface area (Å²) in [6.07, 6.45) is 0. The van der Waals surface area contributed by atoms with Crippen molar-refractivity contribution in [2.45, 2.75) is 59.3 Å². The van der Waals surface area contributed by atoms with Crippen LogP contribution in [0.15, 0.2) is 97.1 Å². The van der Waals surface area contributed by atoms with Crippen molar-refractivity contribution in [3.05, 3.63) is 114 Å². The molecule has 0 aliphatic rings. The molecule has 0 N–H and O–H groups in total. The molecule has 0 atom stereocenters. The largest absolute Gasteiger partial charge is 0.647 e. The lowest BCUT2D eigenvalue weighted by atomic mass is 9.88. The van der Waals surface area contributed by atoms with Crippen LogP contribution in [0.1, 0.15) is 76.0 Å². The molecule has 0 bridgehead atoms. The van der Waals surface area contributed by atoms with E-state index in [0.717, 1.165) is 32.7 Å². The van der Waals surface area contributed by atoms with Gasteiger partial charge in [-0.25, -0.2) is 0 Å². The van der Waals surface area contributed by atoms with Gasteiger partial charge in [0.2, 0.25) is 0 Å². The zero-order chi connectivity index (χ0) is 28.4. The first-order valence-electron chi connectivity index (χ1n) is 14.0. The quantitative estimate of drug-likeness (QED) is 0.171. The summed E-state index contributed by atoms with van der Waals surface area (Å²) in [6.45, 7) is 12.9. The average molecular weight is 553 g/mol. The minimum Gasteiger partial charge on any atom is -0.385 e. The number of phosphoric acid groups is 1. The molecule has 5 rings (SSSR count). The molecule has 5 aromatic carbocycles. The van der Waals surface area contributed by atoms with Crippen LogP contribution in [-0.2, 0) is 4.57 Å². The minimum absolute atomic E-state index is 0.134. The topological polar surface area (TPSA) is 44.8 Å². The molecule has 5 heteroatoms. The maximum atomic E-state index is 14.9. The second-order valence-corrected chi connectivity index (χ2v) is 12.6. The maximum Gasteiger partial charge on any atom is 0.647 e. The van der Waals surface area contributed by atoms with Crippen LogP contribution in [0.3, 0.4) is 0 Å². The third-order valence-corrected chi connectivity index (χ3v) is 8.45. The summed E-state index contributed by atoms with van der Waals surface area (Å²) in [5, 5.41) is 3.62. The smallest absolute Gasteiger partial charge is 0.385 e. The molecule has 0 aliphatic carbocycles. The molecule has 0 aliphatic heterocycles. The van der Waals surface area contributed by atoms with Crippen molar-refractivity contribution in [1.29, 1.82) is 0 Å². The van der Waals surface area contributed by atoms with Crippen molar-refractivity contribution in [1.82, 2.24) is 0 Å². The summed E-state index contributed by atoms with van der Waals surface area (Å²) in [7, 11) is -4.27. The normalized spacial score (nSPS) is 12.0. The Hall–Kier alpha value is -3.75. The lowest BCUT2D eigenvalue weighted by Crippen LogP contribution is -2.12. The van der Waals surface area contributed by atoms with Crippen molar-refractivity contribution in [2.24, 2.45) is 0 Å². The van der Waals surface area contributed by atoms with E-state index in [2.05, 4.69) is 53.7 Å². The Morgan fingerprint density at radius 1 is 0.525 bits per heavy atom. The molecule has 0 aromatic heterocycles. The van der Waals surface area contributed by atoms with E-state index in [0.29, 0.717) is 23.2 Å². The van der Waals surface area contributed by atoms with E-state index in [1.165, 1.54) is 5.56 Å². The molecule has 0 saturated heterocycles. The summed E-state index contributed by atoms with van der Waals surface area (Å²) < 4.78 is 34.1. The number of rotatable bonds is 9. The van der Waals surface area contributed by atoms with E-state index in [1.807, 2.05) is 72.8 Å². The van der Waals surface area contributed by atoms with Gasteiger partial charge in [0, 0.05) is 10.8 Å². The van der Waals surface area contributed by atoms with E-state index < -0.39 is 7.82 Å². The molecule has 5 aromatic rings. The molecule has 0 unspecified atom stereocenters. The molecule has 206 valence electrons. The van der Waals surface area contributed by atoms with Gasteiger partial charge in [-0.1, -0.05) is 126 Å². The van der Waals surface area contributed by atoms with Crippen LogP contribution >= 0.6 is 7.82 Å². The van der Waals surface area contributed by atoms with Gasteiger partial charge in [-0.2, -0.15) is 4.57 Å². The fraction of sp³-hybridized carbons (Fsp3) is 0.257. The van der Waals surface area contributed by atoms with Gasteiger partial charge in [-0.05, 0) is 57.3 Å². The first kappa shape index (κ1) is 27.8. The Kier molecular flexibility index (Phi) is 7.92. The highest BCUT2D eigenvalue weighted by molar-refractivity contribution is 7.49. The molecule has 0 heterocycles. The van der Waals surface area contributed by atoms with Crippen LogP contribution < -0.4 is 13.6 Å². The number of phosphoric ester groups is 1. The summed E-state index contributed by atoms with van der Waals surface area (Å²) >= 11 is 0. The van der Waals surface area contributed by atoms with E-state index in [1.54, 1.807) is 12.1 Å². The van der Waals surface area contributed by atoms with Crippen LogP contribution in [0.25, 0.3) is 21.5 Å². The highest BCUT2D eigenvalue weighted by Gasteiger charge is 2.37. The predicted molar refractivity (Wildman–Crippen MR) is 166 cm³/mol. The Balaban J connectivity index is 1.68. The average Bonchev–Trinajstić information content (AvgIpc) is 2.93. The number of hydrogen-bond acceptors (Lipinski definition) is 4. The lowest BCUT2D eigenvalue weighted by Gasteiger charge is -2.26. The van der Waals surface area contributed by atoms with E-state index in [4.69, 9.17) is 13.6 Å². The SMILES string of the molecule is CC(C)c1cc(C(C)C)c(OP(=O)(Oc2cccc3ccccc23)Oc2cccc3ccccc23)c(C(C)C)c1. The second kappa shape index (κ2) is 11.4. The fourth-order valence-corrected chi connectivity index (χ4v) is 6.30. The first-order valence-corrected chi connectivity index (χ1v) is 15.4. The molecule has 0 amide bonds. The van der Waals surface area contributed by atoms with Crippen molar-refractivity contribution in [3.63, 3.8) is 0 Å². The van der Waals surface area contributed by atoms with Gasteiger partial charge in [0.25, 0.3) is 0 Å². The molecule has 0 radical (unpaired) electrons. The predicted octanol–water partition coefficient (Wildman–Crippen LogP) is 11.0. The van der Waals surface area contributed by atoms with Crippen LogP contribution in [-0.4, -0.2) is 0 Å². The van der Waals surface area contributed by atoms with E-state index in [-0.39, 0.29) is 11.8 Å². The number of benzene rings is 5. The Morgan fingerprint density at radius 3 is 1.38 bits per heavy atom. The van der Waals surface area contributed by atoms with Gasteiger partial charge in [0.15, 0.2) is 0 Å². The van der Waals surface area contributed by atoms with E-state index >= 15 is 0 Å². The Labute approximate surface area is 237 Å². The number of fused-ring (bicyclic) bond motifs is 2. The third-order valence-electron chi connectivity index (χ3n) is 7.20. The van der Waals surface area contributed by atoms with Gasteiger partial charge in [0.1, 0.15) is 17.2 Å². The van der Waals surface area contributed by atoms with Crippen molar-refractivity contribution >= 4 is 29.4 Å². The van der Waals surface area contributed by atoms with Crippen LogP contribution in [0.2, 0.25) is 0 Å². The van der Waals surface area contributed by atoms with Gasteiger partial charge in [0.05, 0.1) is 0 Å². The monoisotopic (exact) mass is 552 g/mol. The lowest BCUT2D eigenvalue weighted by molar-refractivity contribution is 0.298. The van der Waals surface area contributed by atoms with Gasteiger partial charge < -0.3 is 13.6 Å². The van der Waals surface area contributed by atoms with E-state index in [9.17, 15) is 4.57 Å². The van der Waals surface area contributed by atoms with Crippen LogP contribution in [0.5, 0.6) is 17.2 Å². The van der Waals surface area contributed by atoms with Crippen molar-refractivity contribution < 1.29 is 18.1 Å². The molecular formula is C35H37O4P. The summed E-state index contributed by atoms with van der Waals surface area (Å²) in [4.78, 5) is 0. The molecule has 0 fully saturated rings. The van der Waals surface area contributed by atoms with Crippen molar-refractivity contribution in [3.8, 4) is 17.2 Å². The minimum atomic E-state index is -4.27. The fourth-order valence-electron chi connectivity index (χ4n) is 4.95. The molecule has 0 spiro atoms. The zero-order valence-electron chi connectivity index (χ0n) is 24.0. The maximum absolute atomic E-state index is 14.9. The summed E-state index contributed by atoms with van der Waals surface area (Å²) in [6, 6.07) is 31.4. The highest BCUT2D eigenvalue weighted by Crippen LogP contribution is 2.54. The second-order valence-electron chi connectivity index (χ2n) is 11.2. The molecule has 4 nitrogen and oxygen atoms in total. The first-order chi connectivity index (χ1) is 19.1. The van der Waals surface area contributed by atoms with Crippen molar-refractivity contribution in [2.75, 3.05) is 0 Å². The summed E-state index contributed by atoms with van der Waals surface area (Å²) in [5.74, 6) is 2.06. The third kappa shape index (κ3) is 5.74. The molecule has 40 heavy (non-hydrogen) atoms. The standard InChI is InChI=1S/C35H37O4P/c1-23(2)28-21-31(24(3)4)35(32(22-28)25(5)6)39-40(36,37-33-19-11-15-26-13-7-9-17-29(26)33)38-34-20-12-16-27-14-8-10-18-30(27)34/h7-25H,1-6H3. The molecule has 0 saturated carbocycles. The van der Waals surface area contributed by atoms with Crippen LogP contribution in [0, 0.1) is 0 Å². The van der Waals surface area contributed by atoms with Gasteiger partial charge >= 0.3 is 7.82 Å². The summed E-state index contributed by atoms with van der Waals surface area (Å²) in [5.41, 5.74) is 3.19. The van der Waals surface area contributed by atoms with Crippen LogP contribution in [0.4, 0.5) is 0 Å². The Morgan fingerprint density at radius 2 is 0.950 bits per heavy atom. The zero-order valence-corrected chi connectivity index (χ0v) is 24.9.